The zero-order valence-corrected chi connectivity index (χ0v) is 16.4. The third-order valence-electron chi connectivity index (χ3n) is 4.96. The number of carbonyl (C=O) groups excluding carboxylic acids is 1. The molecule has 2 aromatic rings. The zero-order valence-electron chi connectivity index (χ0n) is 15.5. The lowest BCUT2D eigenvalue weighted by molar-refractivity contribution is -0.126. The number of hydrogen-bond acceptors (Lipinski definition) is 4. The highest BCUT2D eigenvalue weighted by Crippen LogP contribution is 2.23. The average Bonchev–Trinajstić information content (AvgIpc) is 3.19. The molecule has 1 fully saturated rings. The Bertz CT molecular complexity index is 856. The van der Waals surface area contributed by atoms with E-state index in [2.05, 4.69) is 10.3 Å². The van der Waals surface area contributed by atoms with Crippen LogP contribution in [-0.4, -0.2) is 47.8 Å². The number of nitrogens with zero attached hydrogens (tertiary/aromatic N) is 3. The molecular formula is C19H26N4O3S. The Morgan fingerprint density at radius 1 is 1.22 bits per heavy atom. The van der Waals surface area contributed by atoms with Gasteiger partial charge in [0.25, 0.3) is 10.0 Å². The van der Waals surface area contributed by atoms with Crippen LogP contribution in [0.25, 0.3) is 0 Å². The van der Waals surface area contributed by atoms with Crippen molar-refractivity contribution in [3.05, 3.63) is 48.4 Å². The molecule has 1 amide bonds. The Balaban J connectivity index is 1.48. The van der Waals surface area contributed by atoms with Crippen LogP contribution in [0.3, 0.4) is 0 Å². The summed E-state index contributed by atoms with van der Waals surface area (Å²) in [5, 5.41) is 3.05. The van der Waals surface area contributed by atoms with Gasteiger partial charge in [-0.25, -0.2) is 13.4 Å². The molecule has 8 heteroatoms. The normalized spacial score (nSPS) is 16.3. The van der Waals surface area contributed by atoms with Crippen LogP contribution in [0.15, 0.2) is 47.9 Å². The number of imidazole rings is 1. The SMILES string of the molecule is CCn1cnc(S(=O)(=O)N2CCC(C(=O)NCCc3ccccc3)CC2)c1. The van der Waals surface area contributed by atoms with E-state index in [0.29, 0.717) is 39.0 Å². The van der Waals surface area contributed by atoms with Crippen LogP contribution >= 0.6 is 0 Å². The highest BCUT2D eigenvalue weighted by molar-refractivity contribution is 7.89. The molecule has 1 aliphatic heterocycles. The van der Waals surface area contributed by atoms with Gasteiger partial charge in [-0.2, -0.15) is 4.31 Å². The summed E-state index contributed by atoms with van der Waals surface area (Å²) in [6.07, 6.45) is 4.94. The molecule has 0 radical (unpaired) electrons. The maximum absolute atomic E-state index is 12.7. The van der Waals surface area contributed by atoms with Gasteiger partial charge in [0.1, 0.15) is 0 Å². The quantitative estimate of drug-likeness (QED) is 0.779. The molecule has 0 bridgehead atoms. The van der Waals surface area contributed by atoms with Crippen LogP contribution in [0.1, 0.15) is 25.3 Å². The Morgan fingerprint density at radius 2 is 1.93 bits per heavy atom. The Morgan fingerprint density at radius 3 is 2.56 bits per heavy atom. The summed E-state index contributed by atoms with van der Waals surface area (Å²) in [4.78, 5) is 16.4. The highest BCUT2D eigenvalue weighted by Gasteiger charge is 2.33. The summed E-state index contributed by atoms with van der Waals surface area (Å²) in [7, 11) is -3.58. The van der Waals surface area contributed by atoms with E-state index in [9.17, 15) is 13.2 Å². The van der Waals surface area contributed by atoms with Gasteiger partial charge in [0.2, 0.25) is 5.91 Å². The first-order valence-corrected chi connectivity index (χ1v) is 10.8. The lowest BCUT2D eigenvalue weighted by atomic mass is 9.97. The molecule has 0 spiro atoms. The van der Waals surface area contributed by atoms with Crippen molar-refractivity contribution in [3.63, 3.8) is 0 Å². The maximum Gasteiger partial charge on any atom is 0.262 e. The molecule has 146 valence electrons. The topological polar surface area (TPSA) is 84.3 Å². The van der Waals surface area contributed by atoms with Crippen LogP contribution in [0.5, 0.6) is 0 Å². The Kier molecular flexibility index (Phi) is 6.28. The first-order valence-electron chi connectivity index (χ1n) is 9.34. The van der Waals surface area contributed by atoms with Gasteiger partial charge >= 0.3 is 0 Å². The standard InChI is InChI=1S/C19H26N4O3S/c1-2-22-14-18(21-15-22)27(25,26)23-12-9-17(10-13-23)19(24)20-11-8-16-6-4-3-5-7-16/h3-7,14-15,17H,2,8-13H2,1H3,(H,20,24). The van der Waals surface area contributed by atoms with Gasteiger partial charge in [-0.15, -0.1) is 0 Å². The molecular weight excluding hydrogens is 364 g/mol. The molecule has 7 nitrogen and oxygen atoms in total. The Labute approximate surface area is 160 Å². The van der Waals surface area contributed by atoms with Crippen molar-refractivity contribution in [2.75, 3.05) is 19.6 Å². The van der Waals surface area contributed by atoms with E-state index in [1.807, 2.05) is 37.3 Å². The van der Waals surface area contributed by atoms with E-state index >= 15 is 0 Å². The summed E-state index contributed by atoms with van der Waals surface area (Å²) in [5.74, 6) is -0.126. The molecule has 1 N–H and O–H groups in total. The summed E-state index contributed by atoms with van der Waals surface area (Å²) in [5.41, 5.74) is 1.19. The molecule has 1 saturated heterocycles. The second-order valence-corrected chi connectivity index (χ2v) is 8.63. The molecule has 1 aliphatic rings. The molecule has 27 heavy (non-hydrogen) atoms. The van der Waals surface area contributed by atoms with Crippen molar-refractivity contribution in [1.29, 1.82) is 0 Å². The van der Waals surface area contributed by atoms with Gasteiger partial charge in [-0.05, 0) is 31.7 Å². The number of piperidine rings is 1. The van der Waals surface area contributed by atoms with E-state index in [4.69, 9.17) is 0 Å². The van der Waals surface area contributed by atoms with Gasteiger partial charge in [-0.3, -0.25) is 4.79 Å². The number of aromatic nitrogens is 2. The molecule has 3 rings (SSSR count). The number of sulfonamides is 1. The highest BCUT2D eigenvalue weighted by atomic mass is 32.2. The van der Waals surface area contributed by atoms with Crippen molar-refractivity contribution in [1.82, 2.24) is 19.2 Å². The summed E-state index contributed by atoms with van der Waals surface area (Å²) in [6.45, 7) is 3.89. The maximum atomic E-state index is 12.7. The molecule has 0 atom stereocenters. The van der Waals surface area contributed by atoms with Gasteiger partial charge in [0.15, 0.2) is 5.03 Å². The minimum atomic E-state index is -3.58. The monoisotopic (exact) mass is 390 g/mol. The van der Waals surface area contributed by atoms with Gasteiger partial charge in [0, 0.05) is 38.3 Å². The van der Waals surface area contributed by atoms with Gasteiger partial charge in [0.05, 0.1) is 6.33 Å². The number of nitrogens with one attached hydrogen (secondary N) is 1. The molecule has 1 aromatic carbocycles. The minimum Gasteiger partial charge on any atom is -0.356 e. The van der Waals surface area contributed by atoms with Crippen LogP contribution in [0, 0.1) is 5.92 Å². The first kappa shape index (κ1) is 19.6. The summed E-state index contributed by atoms with van der Waals surface area (Å²) in [6, 6.07) is 10.0. The lowest BCUT2D eigenvalue weighted by Gasteiger charge is -2.29. The fourth-order valence-corrected chi connectivity index (χ4v) is 4.66. The van der Waals surface area contributed by atoms with Crippen molar-refractivity contribution in [3.8, 4) is 0 Å². The predicted octanol–water partition coefficient (Wildman–Crippen LogP) is 1.66. The minimum absolute atomic E-state index is 0.0123. The average molecular weight is 391 g/mol. The van der Waals surface area contributed by atoms with Crippen LogP contribution in [-0.2, 0) is 27.8 Å². The van der Waals surface area contributed by atoms with E-state index in [0.717, 1.165) is 6.42 Å². The van der Waals surface area contributed by atoms with Crippen LogP contribution < -0.4 is 5.32 Å². The van der Waals surface area contributed by atoms with E-state index in [-0.39, 0.29) is 16.9 Å². The van der Waals surface area contributed by atoms with Gasteiger partial charge < -0.3 is 9.88 Å². The summed E-state index contributed by atoms with van der Waals surface area (Å²) < 4.78 is 28.5. The second-order valence-electron chi connectivity index (χ2n) is 6.75. The number of aryl methyl sites for hydroxylation is 1. The Hall–Kier alpha value is -2.19. The number of benzene rings is 1. The second kappa shape index (κ2) is 8.67. The fourth-order valence-electron chi connectivity index (χ4n) is 3.26. The molecule has 0 saturated carbocycles. The number of amides is 1. The smallest absolute Gasteiger partial charge is 0.262 e. The van der Waals surface area contributed by atoms with E-state index in [1.165, 1.54) is 16.2 Å². The third-order valence-corrected chi connectivity index (χ3v) is 6.74. The fraction of sp³-hybridized carbons (Fsp3) is 0.474. The van der Waals surface area contributed by atoms with E-state index in [1.54, 1.807) is 10.8 Å². The molecule has 1 aromatic heterocycles. The van der Waals surface area contributed by atoms with Crippen molar-refractivity contribution in [2.24, 2.45) is 5.92 Å². The first-order chi connectivity index (χ1) is 13.0. The predicted molar refractivity (Wildman–Crippen MR) is 103 cm³/mol. The van der Waals surface area contributed by atoms with Gasteiger partial charge in [-0.1, -0.05) is 30.3 Å². The lowest BCUT2D eigenvalue weighted by Crippen LogP contribution is -2.43. The van der Waals surface area contributed by atoms with Crippen LogP contribution in [0.4, 0.5) is 0 Å². The molecule has 0 aliphatic carbocycles. The third kappa shape index (κ3) is 4.75. The van der Waals surface area contributed by atoms with E-state index < -0.39 is 10.0 Å². The largest absolute Gasteiger partial charge is 0.356 e. The van der Waals surface area contributed by atoms with Crippen LogP contribution in [0.2, 0.25) is 0 Å². The molecule has 2 heterocycles. The number of rotatable bonds is 7. The summed E-state index contributed by atoms with van der Waals surface area (Å²) >= 11 is 0. The van der Waals surface area contributed by atoms with Crippen molar-refractivity contribution < 1.29 is 13.2 Å². The van der Waals surface area contributed by atoms with Crippen molar-refractivity contribution >= 4 is 15.9 Å². The zero-order chi connectivity index (χ0) is 19.3. The molecule has 0 unspecified atom stereocenters. The van der Waals surface area contributed by atoms with Crippen molar-refractivity contribution in [2.45, 2.75) is 37.8 Å². The number of hydrogen-bond donors (Lipinski definition) is 1. The number of carbonyl (C=O) groups is 1.